The number of hydrogen-bond donors (Lipinski definition) is 1. The minimum Gasteiger partial charge on any atom is -0.398 e. The molecule has 0 amide bonds. The third kappa shape index (κ3) is 5.07. The molecular weight excluding hydrogens is 198 g/mol. The Hall–Kier alpha value is 0.0569. The molecule has 0 aliphatic carbocycles. The minimum atomic E-state index is -1.86. The normalized spacial score (nSPS) is 12.0. The molecule has 0 saturated carbocycles. The molecule has 0 aliphatic rings. The maximum Gasteiger partial charge on any atom is 0.337 e. The van der Waals surface area contributed by atoms with E-state index in [0.717, 1.165) is 25.1 Å². The van der Waals surface area contributed by atoms with E-state index in [0.29, 0.717) is 6.73 Å². The molecular formula is C9H23NO3Si. The Morgan fingerprint density at radius 1 is 1.14 bits per heavy atom. The lowest BCUT2D eigenvalue weighted by atomic mass is 10.5. The average molecular weight is 221 g/mol. The Kier molecular flexibility index (Phi) is 8.41. The number of nitrogens with one attached hydrogen (secondary N) is 1. The number of hydrogen-bond acceptors (Lipinski definition) is 4. The van der Waals surface area contributed by atoms with E-state index in [1.807, 2.05) is 0 Å². The monoisotopic (exact) mass is 221 g/mol. The highest BCUT2D eigenvalue weighted by atomic mass is 28.4. The van der Waals surface area contributed by atoms with Crippen LogP contribution in [0.4, 0.5) is 0 Å². The topological polar surface area (TPSA) is 39.7 Å². The van der Waals surface area contributed by atoms with Crippen molar-refractivity contribution in [3.05, 3.63) is 0 Å². The van der Waals surface area contributed by atoms with Gasteiger partial charge in [-0.2, -0.15) is 0 Å². The molecule has 0 bridgehead atoms. The van der Waals surface area contributed by atoms with E-state index < -0.39 is 8.56 Å². The summed E-state index contributed by atoms with van der Waals surface area (Å²) in [5, 5.41) is 3.17. The quantitative estimate of drug-likeness (QED) is 0.362. The molecule has 0 aromatic carbocycles. The summed E-state index contributed by atoms with van der Waals surface area (Å²) in [7, 11) is 3.33. The molecule has 86 valence electrons. The van der Waals surface area contributed by atoms with E-state index in [1.165, 1.54) is 0 Å². The Morgan fingerprint density at radius 3 is 2.21 bits per heavy atom. The van der Waals surface area contributed by atoms with Gasteiger partial charge in [-0.1, -0.05) is 6.92 Å². The molecule has 0 rings (SSSR count). The van der Waals surface area contributed by atoms with E-state index in [2.05, 4.69) is 12.2 Å². The highest BCUT2D eigenvalue weighted by molar-refractivity contribution is 6.67. The van der Waals surface area contributed by atoms with Crippen molar-refractivity contribution in [2.45, 2.75) is 25.4 Å². The van der Waals surface area contributed by atoms with Crippen molar-refractivity contribution in [1.82, 2.24) is 5.32 Å². The van der Waals surface area contributed by atoms with Crippen LogP contribution < -0.4 is 5.32 Å². The maximum atomic E-state index is 5.50. The molecule has 0 heterocycles. The third-order valence-corrected chi connectivity index (χ3v) is 6.12. The fourth-order valence-electron chi connectivity index (χ4n) is 1.41. The second kappa shape index (κ2) is 8.37. The van der Waals surface area contributed by atoms with Crippen LogP contribution in [-0.4, -0.2) is 43.2 Å². The van der Waals surface area contributed by atoms with Gasteiger partial charge >= 0.3 is 8.56 Å². The number of rotatable bonds is 9. The van der Waals surface area contributed by atoms with E-state index in [9.17, 15) is 0 Å². The lowest BCUT2D eigenvalue weighted by Gasteiger charge is -2.25. The van der Waals surface area contributed by atoms with Crippen molar-refractivity contribution in [1.29, 1.82) is 0 Å². The van der Waals surface area contributed by atoms with E-state index >= 15 is 0 Å². The molecule has 14 heavy (non-hydrogen) atoms. The van der Waals surface area contributed by atoms with Crippen molar-refractivity contribution in [2.75, 3.05) is 34.6 Å². The lowest BCUT2D eigenvalue weighted by molar-refractivity contribution is 0.175. The summed E-state index contributed by atoms with van der Waals surface area (Å²) in [4.78, 5) is 0. The molecule has 5 heteroatoms. The van der Waals surface area contributed by atoms with Crippen molar-refractivity contribution in [3.63, 3.8) is 0 Å². The van der Waals surface area contributed by atoms with Crippen molar-refractivity contribution < 1.29 is 13.6 Å². The molecule has 0 aromatic heterocycles. The van der Waals surface area contributed by atoms with Crippen LogP contribution in [0.25, 0.3) is 0 Å². The summed E-state index contributed by atoms with van der Waals surface area (Å²) < 4.78 is 15.9. The molecule has 0 unspecified atom stereocenters. The van der Waals surface area contributed by atoms with Crippen molar-refractivity contribution in [2.24, 2.45) is 0 Å². The van der Waals surface area contributed by atoms with Crippen LogP contribution in [-0.2, 0) is 13.6 Å². The molecule has 0 saturated heterocycles. The summed E-state index contributed by atoms with van der Waals surface area (Å²) in [6.07, 6.45) is 1.07. The average Bonchev–Trinajstić information content (AvgIpc) is 2.24. The SMILES string of the molecule is CC[Si](CCCNCOC)(OC)OC. The Morgan fingerprint density at radius 2 is 1.79 bits per heavy atom. The third-order valence-electron chi connectivity index (χ3n) is 2.44. The summed E-state index contributed by atoms with van der Waals surface area (Å²) in [6.45, 7) is 3.69. The fourth-order valence-corrected chi connectivity index (χ4v) is 3.63. The molecule has 1 N–H and O–H groups in total. The van der Waals surface area contributed by atoms with Gasteiger partial charge in [0.2, 0.25) is 0 Å². The molecule has 4 nitrogen and oxygen atoms in total. The van der Waals surface area contributed by atoms with Crippen LogP contribution in [0.2, 0.25) is 12.1 Å². The molecule has 0 aromatic rings. The second-order valence-electron chi connectivity index (χ2n) is 3.21. The van der Waals surface area contributed by atoms with E-state index in [4.69, 9.17) is 13.6 Å². The smallest absolute Gasteiger partial charge is 0.337 e. The van der Waals surface area contributed by atoms with Crippen LogP contribution in [0.15, 0.2) is 0 Å². The second-order valence-corrected chi connectivity index (χ2v) is 7.05. The lowest BCUT2D eigenvalue weighted by Crippen LogP contribution is -2.39. The first-order valence-electron chi connectivity index (χ1n) is 5.04. The number of methoxy groups -OCH3 is 1. The highest BCUT2D eigenvalue weighted by Crippen LogP contribution is 2.18. The van der Waals surface area contributed by atoms with E-state index in [1.54, 1.807) is 21.3 Å². The minimum absolute atomic E-state index is 0.612. The van der Waals surface area contributed by atoms with Crippen molar-refractivity contribution >= 4 is 8.56 Å². The zero-order valence-corrected chi connectivity index (χ0v) is 10.8. The summed E-state index contributed by atoms with van der Waals surface area (Å²) >= 11 is 0. The molecule has 0 atom stereocenters. The number of ether oxygens (including phenoxy) is 1. The fraction of sp³-hybridized carbons (Fsp3) is 1.00. The van der Waals surface area contributed by atoms with Crippen LogP contribution >= 0.6 is 0 Å². The first kappa shape index (κ1) is 14.1. The van der Waals surface area contributed by atoms with Gasteiger partial charge in [0.25, 0.3) is 0 Å². The van der Waals surface area contributed by atoms with Crippen molar-refractivity contribution in [3.8, 4) is 0 Å². The van der Waals surface area contributed by atoms with Gasteiger partial charge in [-0.3, -0.25) is 5.32 Å². The van der Waals surface area contributed by atoms with Gasteiger partial charge in [0, 0.05) is 21.3 Å². The van der Waals surface area contributed by atoms with Gasteiger partial charge < -0.3 is 13.6 Å². The predicted octanol–water partition coefficient (Wildman–Crippen LogP) is 1.32. The Labute approximate surface area is 88.2 Å². The zero-order valence-electron chi connectivity index (χ0n) is 9.76. The predicted molar refractivity (Wildman–Crippen MR) is 59.6 cm³/mol. The first-order chi connectivity index (χ1) is 6.74. The zero-order chi connectivity index (χ0) is 10.9. The van der Waals surface area contributed by atoms with Gasteiger partial charge in [-0.25, -0.2) is 0 Å². The van der Waals surface area contributed by atoms with Gasteiger partial charge in [0.15, 0.2) is 0 Å². The summed E-state index contributed by atoms with van der Waals surface area (Å²) in [6, 6.07) is 2.04. The Balaban J connectivity index is 3.61. The largest absolute Gasteiger partial charge is 0.398 e. The van der Waals surface area contributed by atoms with Crippen LogP contribution in [0, 0.1) is 0 Å². The molecule has 0 fully saturated rings. The van der Waals surface area contributed by atoms with Gasteiger partial charge in [-0.15, -0.1) is 0 Å². The molecule has 0 spiro atoms. The van der Waals surface area contributed by atoms with Crippen LogP contribution in [0.5, 0.6) is 0 Å². The van der Waals surface area contributed by atoms with Crippen LogP contribution in [0.1, 0.15) is 13.3 Å². The van der Waals surface area contributed by atoms with Gasteiger partial charge in [-0.05, 0) is 25.1 Å². The molecule has 0 aliphatic heterocycles. The molecule has 0 radical (unpaired) electrons. The standard InChI is InChI=1S/C9H23NO3Si/c1-5-14(12-3,13-4)8-6-7-10-9-11-2/h10H,5-9H2,1-4H3. The Bertz CT molecular complexity index is 123. The maximum absolute atomic E-state index is 5.50. The highest BCUT2D eigenvalue weighted by Gasteiger charge is 2.32. The van der Waals surface area contributed by atoms with E-state index in [-0.39, 0.29) is 0 Å². The van der Waals surface area contributed by atoms with Gasteiger partial charge in [0.05, 0.1) is 6.73 Å². The van der Waals surface area contributed by atoms with Crippen LogP contribution in [0.3, 0.4) is 0 Å². The summed E-state index contributed by atoms with van der Waals surface area (Å²) in [5.41, 5.74) is 0. The van der Waals surface area contributed by atoms with Gasteiger partial charge in [0.1, 0.15) is 0 Å². The first-order valence-corrected chi connectivity index (χ1v) is 7.27. The summed E-state index contributed by atoms with van der Waals surface area (Å²) in [5.74, 6) is 0.